The first-order valence-electron chi connectivity index (χ1n) is 11.4. The lowest BCUT2D eigenvalue weighted by Gasteiger charge is -2.35. The van der Waals surface area contributed by atoms with Gasteiger partial charge in [0.05, 0.1) is 23.0 Å². The zero-order chi connectivity index (χ0) is 25.9. The van der Waals surface area contributed by atoms with E-state index in [0.29, 0.717) is 37.7 Å². The van der Waals surface area contributed by atoms with Crippen molar-refractivity contribution in [3.63, 3.8) is 0 Å². The number of ether oxygens (including phenoxy) is 1. The fourth-order valence-corrected chi connectivity index (χ4v) is 5.67. The van der Waals surface area contributed by atoms with Crippen molar-refractivity contribution in [1.29, 1.82) is 0 Å². The number of carbonyl (C=O) groups excluding carboxylic acids is 2. The monoisotopic (exact) mass is 517 g/mol. The number of morpholine rings is 1. The molecule has 0 spiro atoms. The Balaban J connectivity index is 1.46. The van der Waals surface area contributed by atoms with Gasteiger partial charge >= 0.3 is 0 Å². The maximum atomic E-state index is 13.1. The van der Waals surface area contributed by atoms with Crippen LogP contribution in [-0.2, 0) is 19.6 Å². The number of benzene rings is 2. The van der Waals surface area contributed by atoms with E-state index in [1.165, 1.54) is 41.6 Å². The van der Waals surface area contributed by atoms with Gasteiger partial charge in [0.2, 0.25) is 15.9 Å². The lowest BCUT2D eigenvalue weighted by Crippen LogP contribution is -2.48. The van der Waals surface area contributed by atoms with Crippen molar-refractivity contribution in [3.8, 4) is 0 Å². The number of hydrogen-bond donors (Lipinski definition) is 1. The van der Waals surface area contributed by atoms with Gasteiger partial charge in [0, 0.05) is 63.5 Å². The number of carbonyl (C=O) groups is 2. The van der Waals surface area contributed by atoms with Crippen LogP contribution in [0, 0.1) is 10.1 Å². The molecule has 192 valence electrons. The molecule has 2 amide bonds. The SMILES string of the molecule is CC(=O)Nc1ccc(S(=O)(=O)N2CCN(c3ccc(C(=O)N4CCOCC4)cc3[N+](=O)[O-])CC2)cc1. The molecule has 0 atom stereocenters. The highest BCUT2D eigenvalue weighted by molar-refractivity contribution is 7.89. The number of nitrogens with zero attached hydrogens (tertiary/aromatic N) is 4. The van der Waals surface area contributed by atoms with Crippen LogP contribution in [0.2, 0.25) is 0 Å². The van der Waals surface area contributed by atoms with Gasteiger partial charge in [0.15, 0.2) is 0 Å². The first-order chi connectivity index (χ1) is 17.2. The van der Waals surface area contributed by atoms with Crippen molar-refractivity contribution < 1.29 is 27.7 Å². The van der Waals surface area contributed by atoms with Gasteiger partial charge in [-0.1, -0.05) is 0 Å². The molecule has 12 nitrogen and oxygen atoms in total. The molecule has 2 aliphatic rings. The molecule has 0 bridgehead atoms. The third-order valence-electron chi connectivity index (χ3n) is 6.11. The fourth-order valence-electron chi connectivity index (χ4n) is 4.25. The van der Waals surface area contributed by atoms with Crippen LogP contribution >= 0.6 is 0 Å². The van der Waals surface area contributed by atoms with Crippen molar-refractivity contribution in [2.45, 2.75) is 11.8 Å². The lowest BCUT2D eigenvalue weighted by molar-refractivity contribution is -0.384. The first-order valence-corrected chi connectivity index (χ1v) is 12.9. The number of rotatable bonds is 6. The second-order valence-corrected chi connectivity index (χ2v) is 10.4. The summed E-state index contributed by atoms with van der Waals surface area (Å²) in [5.74, 6) is -0.539. The zero-order valence-corrected chi connectivity index (χ0v) is 20.6. The summed E-state index contributed by atoms with van der Waals surface area (Å²) in [6, 6.07) is 10.3. The van der Waals surface area contributed by atoms with E-state index in [9.17, 15) is 28.1 Å². The normalized spacial score (nSPS) is 17.0. The molecule has 2 fully saturated rings. The average Bonchev–Trinajstić information content (AvgIpc) is 2.88. The molecule has 2 aromatic rings. The highest BCUT2D eigenvalue weighted by atomic mass is 32.2. The van der Waals surface area contributed by atoms with Gasteiger partial charge in [-0.05, 0) is 36.4 Å². The molecule has 2 aromatic carbocycles. The molecule has 0 aromatic heterocycles. The van der Waals surface area contributed by atoms with E-state index in [0.717, 1.165) is 0 Å². The van der Waals surface area contributed by atoms with Crippen LogP contribution in [-0.4, -0.2) is 86.8 Å². The highest BCUT2D eigenvalue weighted by Crippen LogP contribution is 2.31. The number of anilines is 2. The summed E-state index contributed by atoms with van der Waals surface area (Å²) in [6.45, 7) is 3.87. The van der Waals surface area contributed by atoms with Crippen LogP contribution in [0.1, 0.15) is 17.3 Å². The van der Waals surface area contributed by atoms with E-state index < -0.39 is 14.9 Å². The maximum Gasteiger partial charge on any atom is 0.293 e. The Kier molecular flexibility index (Phi) is 7.52. The van der Waals surface area contributed by atoms with E-state index in [1.807, 2.05) is 0 Å². The largest absolute Gasteiger partial charge is 0.378 e. The Bertz CT molecular complexity index is 1250. The molecule has 0 aliphatic carbocycles. The molecule has 2 aliphatic heterocycles. The molecule has 13 heteroatoms. The van der Waals surface area contributed by atoms with E-state index in [4.69, 9.17) is 4.74 Å². The molecule has 0 saturated carbocycles. The van der Waals surface area contributed by atoms with Crippen LogP contribution in [0.15, 0.2) is 47.4 Å². The lowest BCUT2D eigenvalue weighted by atomic mass is 10.1. The summed E-state index contributed by atoms with van der Waals surface area (Å²) in [4.78, 5) is 38.7. The average molecular weight is 518 g/mol. The minimum atomic E-state index is -3.77. The van der Waals surface area contributed by atoms with Crippen molar-refractivity contribution in [1.82, 2.24) is 9.21 Å². The summed E-state index contributed by atoms with van der Waals surface area (Å²) in [5, 5.41) is 14.4. The standard InChI is InChI=1S/C23H27N5O7S/c1-17(29)24-19-3-5-20(6-4-19)36(33,34)27-10-8-25(9-11-27)21-7-2-18(16-22(21)28(31)32)23(30)26-12-14-35-15-13-26/h2-7,16H,8-15H2,1H3,(H,24,29). The molecule has 1 N–H and O–H groups in total. The number of sulfonamides is 1. The summed E-state index contributed by atoms with van der Waals surface area (Å²) in [6.07, 6.45) is 0. The predicted octanol–water partition coefficient (Wildman–Crippen LogP) is 1.54. The zero-order valence-electron chi connectivity index (χ0n) is 19.8. The number of amides is 2. The third kappa shape index (κ3) is 5.48. The van der Waals surface area contributed by atoms with Crippen molar-refractivity contribution in [2.75, 3.05) is 62.7 Å². The van der Waals surface area contributed by atoms with Gasteiger partial charge in [-0.2, -0.15) is 4.31 Å². The summed E-state index contributed by atoms with van der Waals surface area (Å²) in [5.41, 5.74) is 0.875. The molecule has 2 saturated heterocycles. The Morgan fingerprint density at radius 3 is 2.19 bits per heavy atom. The first kappa shape index (κ1) is 25.5. The van der Waals surface area contributed by atoms with Gasteiger partial charge in [-0.15, -0.1) is 0 Å². The third-order valence-corrected chi connectivity index (χ3v) is 8.02. The number of nitro benzene ring substituents is 1. The van der Waals surface area contributed by atoms with E-state index in [-0.39, 0.29) is 54.1 Å². The second kappa shape index (κ2) is 10.6. The van der Waals surface area contributed by atoms with Gasteiger partial charge in [0.1, 0.15) is 5.69 Å². The molecular formula is C23H27N5O7S. The van der Waals surface area contributed by atoms with Gasteiger partial charge in [-0.3, -0.25) is 19.7 Å². The Morgan fingerprint density at radius 1 is 0.972 bits per heavy atom. The summed E-state index contributed by atoms with van der Waals surface area (Å²) in [7, 11) is -3.77. The maximum absolute atomic E-state index is 13.1. The van der Waals surface area contributed by atoms with E-state index in [1.54, 1.807) is 21.9 Å². The Morgan fingerprint density at radius 2 is 1.61 bits per heavy atom. The minimum absolute atomic E-state index is 0.0991. The number of nitrogens with one attached hydrogen (secondary N) is 1. The molecule has 0 unspecified atom stereocenters. The summed E-state index contributed by atoms with van der Waals surface area (Å²) >= 11 is 0. The molecular weight excluding hydrogens is 490 g/mol. The van der Waals surface area contributed by atoms with Crippen molar-refractivity contribution in [2.24, 2.45) is 0 Å². The molecule has 2 heterocycles. The Hall–Kier alpha value is -3.55. The van der Waals surface area contributed by atoms with Crippen LogP contribution < -0.4 is 10.2 Å². The fraction of sp³-hybridized carbons (Fsp3) is 0.391. The van der Waals surface area contributed by atoms with Gasteiger partial charge in [0.25, 0.3) is 11.6 Å². The van der Waals surface area contributed by atoms with Gasteiger partial charge < -0.3 is 19.9 Å². The van der Waals surface area contributed by atoms with Crippen LogP contribution in [0.4, 0.5) is 17.1 Å². The number of hydrogen-bond acceptors (Lipinski definition) is 8. The van der Waals surface area contributed by atoms with Gasteiger partial charge in [-0.25, -0.2) is 8.42 Å². The van der Waals surface area contributed by atoms with Crippen LogP contribution in [0.3, 0.4) is 0 Å². The smallest absolute Gasteiger partial charge is 0.293 e. The van der Waals surface area contributed by atoms with Crippen molar-refractivity contribution >= 4 is 38.9 Å². The Labute approximate surface area is 208 Å². The second-order valence-electron chi connectivity index (χ2n) is 8.46. The topological polar surface area (TPSA) is 142 Å². The molecule has 0 radical (unpaired) electrons. The highest BCUT2D eigenvalue weighted by Gasteiger charge is 2.31. The minimum Gasteiger partial charge on any atom is -0.378 e. The number of nitro groups is 1. The van der Waals surface area contributed by atoms with E-state index in [2.05, 4.69) is 5.32 Å². The van der Waals surface area contributed by atoms with Crippen LogP contribution in [0.5, 0.6) is 0 Å². The quantitative estimate of drug-likeness (QED) is 0.449. The van der Waals surface area contributed by atoms with Crippen LogP contribution in [0.25, 0.3) is 0 Å². The van der Waals surface area contributed by atoms with Crippen molar-refractivity contribution in [3.05, 3.63) is 58.1 Å². The van der Waals surface area contributed by atoms with E-state index >= 15 is 0 Å². The summed E-state index contributed by atoms with van der Waals surface area (Å²) < 4.78 is 32.7. The molecule has 4 rings (SSSR count). The number of piperazine rings is 1. The predicted molar refractivity (Wildman–Crippen MR) is 132 cm³/mol. The molecule has 36 heavy (non-hydrogen) atoms.